The van der Waals surface area contributed by atoms with Gasteiger partial charge in [0.2, 0.25) is 21.8 Å². The Morgan fingerprint density at radius 2 is 1.67 bits per heavy atom. The number of sulfonamides is 1. The number of para-hydroxylation sites is 2. The van der Waals surface area contributed by atoms with E-state index in [0.717, 1.165) is 17.4 Å². The molecular weight excluding hydrogens is 478 g/mol. The number of benzene rings is 2. The minimum Gasteiger partial charge on any atom is -0.495 e. The summed E-state index contributed by atoms with van der Waals surface area (Å²) >= 11 is 0. The molecule has 0 spiro atoms. The van der Waals surface area contributed by atoms with E-state index < -0.39 is 21.6 Å². The summed E-state index contributed by atoms with van der Waals surface area (Å²) in [5.74, 6) is -0.0255. The van der Waals surface area contributed by atoms with Crippen LogP contribution in [0, 0.1) is 6.92 Å². The third-order valence-electron chi connectivity index (χ3n) is 5.77. The SMILES string of the molecule is COc1ccccc1N(CCCC(=O)N(Cc1ccccc1C)[C@H](C)C(=O)NC(C)(C)C)S(C)(=O)=O. The number of carbonyl (C=O) groups is 2. The molecule has 0 bridgehead atoms. The van der Waals surface area contributed by atoms with Crippen molar-refractivity contribution < 1.29 is 22.7 Å². The second kappa shape index (κ2) is 12.3. The molecule has 0 aliphatic heterocycles. The predicted octanol–water partition coefficient (Wildman–Crippen LogP) is 3.88. The molecule has 0 radical (unpaired) electrons. The maximum atomic E-state index is 13.4. The smallest absolute Gasteiger partial charge is 0.242 e. The molecule has 1 atom stereocenters. The van der Waals surface area contributed by atoms with Crippen molar-refractivity contribution in [1.82, 2.24) is 10.2 Å². The lowest BCUT2D eigenvalue weighted by Crippen LogP contribution is -2.52. The van der Waals surface area contributed by atoms with Crippen molar-refractivity contribution in [2.45, 2.75) is 65.6 Å². The van der Waals surface area contributed by atoms with Crippen LogP contribution in [0.4, 0.5) is 5.69 Å². The average Bonchev–Trinajstić information content (AvgIpc) is 2.79. The summed E-state index contributed by atoms with van der Waals surface area (Å²) in [6.45, 7) is 9.75. The van der Waals surface area contributed by atoms with E-state index >= 15 is 0 Å². The van der Waals surface area contributed by atoms with Crippen molar-refractivity contribution in [3.8, 4) is 5.75 Å². The van der Waals surface area contributed by atoms with Crippen molar-refractivity contribution in [3.05, 3.63) is 59.7 Å². The number of amides is 2. The molecule has 0 aliphatic rings. The summed E-state index contributed by atoms with van der Waals surface area (Å²) in [5.41, 5.74) is 1.96. The summed E-state index contributed by atoms with van der Waals surface area (Å²) < 4.78 is 31.7. The fraction of sp³-hybridized carbons (Fsp3) is 0.481. The molecule has 0 unspecified atom stereocenters. The van der Waals surface area contributed by atoms with Gasteiger partial charge in [-0.1, -0.05) is 36.4 Å². The Kier molecular flexibility index (Phi) is 9.93. The van der Waals surface area contributed by atoms with Crippen molar-refractivity contribution in [3.63, 3.8) is 0 Å². The maximum absolute atomic E-state index is 13.4. The zero-order valence-corrected chi connectivity index (χ0v) is 23.2. The van der Waals surface area contributed by atoms with Crippen LogP contribution < -0.4 is 14.4 Å². The topological polar surface area (TPSA) is 96.0 Å². The molecule has 0 saturated carbocycles. The van der Waals surface area contributed by atoms with Crippen LogP contribution in [0.2, 0.25) is 0 Å². The third kappa shape index (κ3) is 8.26. The largest absolute Gasteiger partial charge is 0.495 e. The normalized spacial score (nSPS) is 12.5. The van der Waals surface area contributed by atoms with Crippen LogP contribution in [-0.4, -0.2) is 56.6 Å². The van der Waals surface area contributed by atoms with E-state index in [1.807, 2.05) is 52.0 Å². The minimum atomic E-state index is -3.61. The number of aryl methyl sites for hydroxylation is 1. The van der Waals surface area contributed by atoms with E-state index in [0.29, 0.717) is 11.4 Å². The molecule has 0 aliphatic carbocycles. The van der Waals surface area contributed by atoms with Crippen LogP contribution in [0.25, 0.3) is 0 Å². The number of methoxy groups -OCH3 is 1. The summed E-state index contributed by atoms with van der Waals surface area (Å²) in [6.07, 6.45) is 1.49. The van der Waals surface area contributed by atoms with Crippen LogP contribution in [0.3, 0.4) is 0 Å². The van der Waals surface area contributed by atoms with Gasteiger partial charge in [0.25, 0.3) is 0 Å². The highest BCUT2D eigenvalue weighted by molar-refractivity contribution is 7.92. The summed E-state index contributed by atoms with van der Waals surface area (Å²) in [6, 6.07) is 13.9. The molecule has 2 amide bonds. The van der Waals surface area contributed by atoms with Gasteiger partial charge in [0, 0.05) is 25.0 Å². The van der Waals surface area contributed by atoms with Crippen molar-refractivity contribution in [1.29, 1.82) is 0 Å². The lowest BCUT2D eigenvalue weighted by Gasteiger charge is -2.32. The molecule has 8 nitrogen and oxygen atoms in total. The standard InChI is InChI=1S/C27H39N3O5S/c1-20-13-8-9-14-22(20)19-29(21(2)26(32)28-27(3,4)5)25(31)17-12-18-30(36(7,33)34)23-15-10-11-16-24(23)35-6/h8-11,13-16,21H,12,17-19H2,1-7H3,(H,28,32)/t21-/m1/s1. The van der Waals surface area contributed by atoms with Crippen LogP contribution in [0.1, 0.15) is 51.7 Å². The van der Waals surface area contributed by atoms with Gasteiger partial charge in [0.05, 0.1) is 19.1 Å². The molecule has 2 rings (SSSR count). The van der Waals surface area contributed by atoms with Crippen LogP contribution in [0.15, 0.2) is 48.5 Å². The van der Waals surface area contributed by atoms with Gasteiger partial charge < -0.3 is 15.0 Å². The molecule has 0 aromatic heterocycles. The van der Waals surface area contributed by atoms with Crippen LogP contribution in [0.5, 0.6) is 5.75 Å². The van der Waals surface area contributed by atoms with Gasteiger partial charge in [-0.3, -0.25) is 13.9 Å². The van der Waals surface area contributed by atoms with Crippen LogP contribution >= 0.6 is 0 Å². The van der Waals surface area contributed by atoms with Gasteiger partial charge in [-0.15, -0.1) is 0 Å². The Morgan fingerprint density at radius 3 is 2.25 bits per heavy atom. The molecule has 9 heteroatoms. The highest BCUT2D eigenvalue weighted by Crippen LogP contribution is 2.29. The number of hydrogen-bond acceptors (Lipinski definition) is 5. The molecule has 2 aromatic rings. The zero-order chi connectivity index (χ0) is 27.1. The van der Waals surface area contributed by atoms with E-state index in [4.69, 9.17) is 4.74 Å². The Balaban J connectivity index is 2.23. The van der Waals surface area contributed by atoms with Gasteiger partial charge in [-0.25, -0.2) is 8.42 Å². The zero-order valence-electron chi connectivity index (χ0n) is 22.4. The number of hydrogen-bond donors (Lipinski definition) is 1. The third-order valence-corrected chi connectivity index (χ3v) is 6.95. The van der Waals surface area contributed by atoms with E-state index in [2.05, 4.69) is 5.32 Å². The number of nitrogens with zero attached hydrogens (tertiary/aromatic N) is 2. The molecule has 1 N–H and O–H groups in total. The molecule has 198 valence electrons. The quantitative estimate of drug-likeness (QED) is 0.488. The number of ether oxygens (including phenoxy) is 1. The number of rotatable bonds is 11. The van der Waals surface area contributed by atoms with Crippen molar-refractivity contribution >= 4 is 27.5 Å². The molecule has 0 heterocycles. The summed E-state index contributed by atoms with van der Waals surface area (Å²) in [7, 11) is -2.13. The van der Waals surface area contributed by atoms with Gasteiger partial charge in [0.15, 0.2) is 0 Å². The molecule has 36 heavy (non-hydrogen) atoms. The number of nitrogens with one attached hydrogen (secondary N) is 1. The second-order valence-corrected chi connectivity index (χ2v) is 11.9. The summed E-state index contributed by atoms with van der Waals surface area (Å²) in [5, 5.41) is 2.95. The van der Waals surface area contributed by atoms with Crippen molar-refractivity contribution in [2.24, 2.45) is 0 Å². The van der Waals surface area contributed by atoms with Crippen molar-refractivity contribution in [2.75, 3.05) is 24.2 Å². The predicted molar refractivity (Wildman–Crippen MR) is 144 cm³/mol. The number of carbonyl (C=O) groups excluding carboxylic acids is 2. The van der Waals surface area contributed by atoms with Gasteiger partial charge in [0.1, 0.15) is 11.8 Å². The molecule has 2 aromatic carbocycles. The minimum absolute atomic E-state index is 0.0835. The lowest BCUT2D eigenvalue weighted by atomic mass is 10.1. The first kappa shape index (κ1) is 29.2. The van der Waals surface area contributed by atoms with Gasteiger partial charge >= 0.3 is 0 Å². The van der Waals surface area contributed by atoms with Gasteiger partial charge in [-0.2, -0.15) is 0 Å². The Labute approximate surface area is 215 Å². The van der Waals surface area contributed by atoms with Gasteiger partial charge in [-0.05, 0) is 64.3 Å². The van der Waals surface area contributed by atoms with E-state index in [-0.39, 0.29) is 37.7 Å². The lowest BCUT2D eigenvalue weighted by molar-refractivity contribution is -0.141. The Hall–Kier alpha value is -3.07. The maximum Gasteiger partial charge on any atom is 0.242 e. The van der Waals surface area contributed by atoms with Crippen LogP contribution in [-0.2, 0) is 26.2 Å². The monoisotopic (exact) mass is 517 g/mol. The Morgan fingerprint density at radius 1 is 1.06 bits per heavy atom. The average molecular weight is 518 g/mol. The van der Waals surface area contributed by atoms with E-state index in [1.165, 1.54) is 11.4 Å². The van der Waals surface area contributed by atoms with E-state index in [1.54, 1.807) is 36.1 Å². The first-order valence-electron chi connectivity index (χ1n) is 12.0. The fourth-order valence-corrected chi connectivity index (χ4v) is 4.81. The van der Waals surface area contributed by atoms with E-state index in [9.17, 15) is 18.0 Å². The second-order valence-electron chi connectivity index (χ2n) is 9.97. The number of anilines is 1. The molecule has 0 saturated heterocycles. The highest BCUT2D eigenvalue weighted by atomic mass is 32.2. The highest BCUT2D eigenvalue weighted by Gasteiger charge is 2.29. The summed E-state index contributed by atoms with van der Waals surface area (Å²) in [4.78, 5) is 27.9. The first-order valence-corrected chi connectivity index (χ1v) is 13.9. The fourth-order valence-electron chi connectivity index (χ4n) is 3.85. The molecule has 0 fully saturated rings. The first-order chi connectivity index (χ1) is 16.7. The molecular formula is C27H39N3O5S. The Bertz CT molecular complexity index is 1160.